The summed E-state index contributed by atoms with van der Waals surface area (Å²) in [5.41, 5.74) is 1.76. The van der Waals surface area contributed by atoms with Crippen molar-refractivity contribution in [1.82, 2.24) is 4.57 Å². The number of nitrogens with zero attached hydrogens (tertiary/aromatic N) is 2. The minimum atomic E-state index is -4.41. The van der Waals surface area contributed by atoms with Crippen LogP contribution in [0.1, 0.15) is 5.82 Å². The molecule has 8 nitrogen and oxygen atoms in total. The molecule has 0 amide bonds. The number of aryl methyl sites for hydroxylation is 1. The second kappa shape index (κ2) is 8.30. The summed E-state index contributed by atoms with van der Waals surface area (Å²) in [7, 11) is -0.00736. The van der Waals surface area contributed by atoms with E-state index in [0.29, 0.717) is 5.39 Å². The molecule has 0 saturated carbocycles. The average Bonchev–Trinajstić information content (AvgIpc) is 2.67. The molecule has 0 saturated heterocycles. The zero-order valence-corrected chi connectivity index (χ0v) is 16.2. The van der Waals surface area contributed by atoms with Gasteiger partial charge in [0.05, 0.1) is 21.3 Å². The lowest BCUT2D eigenvalue weighted by Crippen LogP contribution is -2.41. The Bertz CT molecular complexity index is 1110. The third-order valence-electron chi connectivity index (χ3n) is 4.04. The predicted molar refractivity (Wildman–Crippen MR) is 98.7 cm³/mol. The Kier molecular flexibility index (Phi) is 6.32. The fourth-order valence-corrected chi connectivity index (χ4v) is 2.57. The first kappa shape index (κ1) is 20.6. The number of hydrogen-bond donors (Lipinski definition) is 0. The Balaban J connectivity index is 0.000000380. The summed E-state index contributed by atoms with van der Waals surface area (Å²) in [6.45, 7) is 1.94. The standard InChI is InChI=1S/C17H17N2O2.CH4O4S/c1-12-18(2)16-7-5-4-6-15(16)17(20)19(12)13-8-10-14(21-3)11-9-13;1-5-6(2,3)4/h4-11H,1-3H3;1H3,(H,2,3,4)/q+1;/p-1. The zero-order valence-electron chi connectivity index (χ0n) is 15.4. The van der Waals surface area contributed by atoms with Crippen molar-refractivity contribution in [3.63, 3.8) is 0 Å². The van der Waals surface area contributed by atoms with E-state index in [-0.39, 0.29) is 5.56 Å². The number of hydrogen-bond acceptors (Lipinski definition) is 6. The van der Waals surface area contributed by atoms with Gasteiger partial charge in [0.2, 0.25) is 10.4 Å². The summed E-state index contributed by atoms with van der Waals surface area (Å²) in [6, 6.07) is 15.1. The maximum Gasteiger partial charge on any atom is 0.350 e. The van der Waals surface area contributed by atoms with Gasteiger partial charge in [0.15, 0.2) is 0 Å². The van der Waals surface area contributed by atoms with Gasteiger partial charge in [-0.2, -0.15) is 4.57 Å². The first-order valence-corrected chi connectivity index (χ1v) is 9.19. The minimum Gasteiger partial charge on any atom is -0.726 e. The van der Waals surface area contributed by atoms with Crippen molar-refractivity contribution < 1.29 is 26.5 Å². The summed E-state index contributed by atoms with van der Waals surface area (Å²) in [5, 5.41) is 0.710. The summed E-state index contributed by atoms with van der Waals surface area (Å²) < 4.78 is 39.9. The normalized spacial score (nSPS) is 11.0. The Morgan fingerprint density at radius 3 is 2.11 bits per heavy atom. The molecule has 0 N–H and O–H groups in total. The summed E-state index contributed by atoms with van der Waals surface area (Å²) in [5.74, 6) is 1.65. The molecule has 2 aromatic carbocycles. The second-order valence-electron chi connectivity index (χ2n) is 5.54. The van der Waals surface area contributed by atoms with Crippen LogP contribution < -0.4 is 14.9 Å². The van der Waals surface area contributed by atoms with E-state index in [0.717, 1.165) is 29.9 Å². The molecule has 1 heterocycles. The van der Waals surface area contributed by atoms with Crippen molar-refractivity contribution in [2.24, 2.45) is 7.05 Å². The molecule has 0 fully saturated rings. The fourth-order valence-electron chi connectivity index (χ4n) is 2.57. The van der Waals surface area contributed by atoms with Gasteiger partial charge in [0, 0.05) is 6.92 Å². The van der Waals surface area contributed by atoms with Gasteiger partial charge in [0.1, 0.15) is 22.3 Å². The molecule has 0 aliphatic rings. The van der Waals surface area contributed by atoms with Gasteiger partial charge in [-0.3, -0.25) is 4.18 Å². The second-order valence-corrected chi connectivity index (χ2v) is 6.69. The van der Waals surface area contributed by atoms with E-state index in [1.165, 1.54) is 0 Å². The molecule has 3 rings (SSSR count). The fraction of sp³-hybridized carbons (Fsp3) is 0.222. The van der Waals surface area contributed by atoms with E-state index >= 15 is 0 Å². The maximum absolute atomic E-state index is 12.8. The van der Waals surface area contributed by atoms with Gasteiger partial charge < -0.3 is 9.29 Å². The molecule has 0 aliphatic heterocycles. The minimum absolute atomic E-state index is 0.00799. The molecule has 0 spiro atoms. The largest absolute Gasteiger partial charge is 0.726 e. The van der Waals surface area contributed by atoms with E-state index in [1.54, 1.807) is 11.7 Å². The van der Waals surface area contributed by atoms with Gasteiger partial charge in [-0.05, 0) is 36.4 Å². The Labute approximate surface area is 157 Å². The van der Waals surface area contributed by atoms with Gasteiger partial charge in [-0.15, -0.1) is 0 Å². The van der Waals surface area contributed by atoms with Crippen molar-refractivity contribution in [2.45, 2.75) is 6.92 Å². The van der Waals surface area contributed by atoms with E-state index in [9.17, 15) is 17.8 Å². The van der Waals surface area contributed by atoms with E-state index < -0.39 is 10.4 Å². The van der Waals surface area contributed by atoms with Crippen LogP contribution in [0.4, 0.5) is 0 Å². The maximum atomic E-state index is 12.8. The molecule has 3 aromatic rings. The topological polar surface area (TPSA) is 102 Å². The van der Waals surface area contributed by atoms with Crippen molar-refractivity contribution in [1.29, 1.82) is 0 Å². The highest BCUT2D eigenvalue weighted by atomic mass is 32.3. The van der Waals surface area contributed by atoms with Crippen LogP contribution >= 0.6 is 0 Å². The summed E-state index contributed by atoms with van der Waals surface area (Å²) in [4.78, 5) is 12.8. The highest BCUT2D eigenvalue weighted by Crippen LogP contribution is 2.15. The number of para-hydroxylation sites is 1. The molecule has 9 heteroatoms. The van der Waals surface area contributed by atoms with Gasteiger partial charge >= 0.3 is 5.56 Å². The van der Waals surface area contributed by atoms with Gasteiger partial charge in [-0.25, -0.2) is 17.8 Å². The lowest BCUT2D eigenvalue weighted by atomic mass is 10.2. The first-order chi connectivity index (χ1) is 12.7. The van der Waals surface area contributed by atoms with E-state index in [1.807, 2.05) is 67.1 Å². The van der Waals surface area contributed by atoms with Crippen molar-refractivity contribution in [3.8, 4) is 11.4 Å². The smallest absolute Gasteiger partial charge is 0.350 e. The highest BCUT2D eigenvalue weighted by Gasteiger charge is 2.19. The number of benzene rings is 2. The highest BCUT2D eigenvalue weighted by molar-refractivity contribution is 7.80. The number of fused-ring (bicyclic) bond motifs is 1. The SMILES string of the molecule is COS(=O)(=O)[O-].COc1ccc(-n2c(C)[n+](C)c3ccccc3c2=O)cc1. The molecular weight excluding hydrogens is 372 g/mol. The third-order valence-corrected chi connectivity index (χ3v) is 4.45. The first-order valence-electron chi connectivity index (χ1n) is 7.86. The molecule has 0 atom stereocenters. The Morgan fingerprint density at radius 1 is 1.04 bits per heavy atom. The van der Waals surface area contributed by atoms with Crippen LogP contribution in [-0.2, 0) is 21.6 Å². The molecule has 27 heavy (non-hydrogen) atoms. The van der Waals surface area contributed by atoms with Crippen LogP contribution in [0.2, 0.25) is 0 Å². The lowest BCUT2D eigenvalue weighted by Gasteiger charge is -2.08. The molecule has 0 aliphatic carbocycles. The summed E-state index contributed by atoms with van der Waals surface area (Å²) >= 11 is 0. The van der Waals surface area contributed by atoms with E-state index in [4.69, 9.17) is 4.74 Å². The number of methoxy groups -OCH3 is 1. The lowest BCUT2D eigenvalue weighted by molar-refractivity contribution is -0.655. The summed E-state index contributed by atoms with van der Waals surface area (Å²) in [6.07, 6.45) is 0. The average molecular weight is 392 g/mol. The van der Waals surface area contributed by atoms with Crippen LogP contribution in [0.25, 0.3) is 16.6 Å². The van der Waals surface area contributed by atoms with Gasteiger partial charge in [-0.1, -0.05) is 12.1 Å². The number of rotatable bonds is 3. The Hall–Kier alpha value is -2.75. The molecule has 144 valence electrons. The van der Waals surface area contributed by atoms with Crippen molar-refractivity contribution >= 4 is 21.3 Å². The quantitative estimate of drug-likeness (QED) is 0.377. The van der Waals surface area contributed by atoms with Crippen LogP contribution in [0, 0.1) is 6.92 Å². The molecule has 0 radical (unpaired) electrons. The molecule has 0 unspecified atom stereocenters. The zero-order chi connectivity index (χ0) is 20.2. The number of ether oxygens (including phenoxy) is 1. The molecule has 1 aromatic heterocycles. The van der Waals surface area contributed by atoms with E-state index in [2.05, 4.69) is 4.18 Å². The van der Waals surface area contributed by atoms with Crippen molar-refractivity contribution in [2.75, 3.05) is 14.2 Å². The molecule has 0 bridgehead atoms. The monoisotopic (exact) mass is 392 g/mol. The number of aromatic nitrogens is 2. The third kappa shape index (κ3) is 4.70. The van der Waals surface area contributed by atoms with Crippen LogP contribution in [0.3, 0.4) is 0 Å². The molecular formula is C18H20N2O6S. The van der Waals surface area contributed by atoms with Crippen LogP contribution in [-0.4, -0.2) is 31.8 Å². The van der Waals surface area contributed by atoms with Crippen molar-refractivity contribution in [3.05, 3.63) is 64.7 Å². The van der Waals surface area contributed by atoms with Crippen LogP contribution in [0.15, 0.2) is 53.3 Å². The van der Waals surface area contributed by atoms with Crippen LogP contribution in [0.5, 0.6) is 5.75 Å². The predicted octanol–water partition coefficient (Wildman–Crippen LogP) is 1.23. The van der Waals surface area contributed by atoms with Gasteiger partial charge in [0.25, 0.3) is 5.82 Å². The Morgan fingerprint density at radius 2 is 1.59 bits per heavy atom.